The molecule has 152 valence electrons. The lowest BCUT2D eigenvalue weighted by molar-refractivity contribution is -0.114. The third kappa shape index (κ3) is 3.80. The molecule has 0 bridgehead atoms. The zero-order valence-electron chi connectivity index (χ0n) is 15.9. The summed E-state index contributed by atoms with van der Waals surface area (Å²) < 4.78 is 24.8. The van der Waals surface area contributed by atoms with Gasteiger partial charge in [0.05, 0.1) is 21.9 Å². The fourth-order valence-corrected chi connectivity index (χ4v) is 3.77. The summed E-state index contributed by atoms with van der Waals surface area (Å²) in [6.07, 6.45) is 3.58. The topological polar surface area (TPSA) is 97.8 Å². The van der Waals surface area contributed by atoms with Gasteiger partial charge in [0.15, 0.2) is 0 Å². The number of benzene rings is 2. The number of nitrogens with zero attached hydrogens (tertiary/aromatic N) is 3. The fraction of sp³-hybridized carbons (Fsp3) is 0.0476. The molecule has 0 unspecified atom stereocenters. The van der Waals surface area contributed by atoms with Crippen molar-refractivity contribution in [2.24, 2.45) is 10.2 Å². The van der Waals surface area contributed by atoms with Gasteiger partial charge in [-0.1, -0.05) is 11.6 Å². The molecule has 1 aromatic heterocycles. The van der Waals surface area contributed by atoms with Crippen LogP contribution in [-0.2, 0) is 14.8 Å². The minimum Gasteiger partial charge on any atom is -0.317 e. The van der Waals surface area contributed by atoms with Gasteiger partial charge in [-0.05, 0) is 73.7 Å². The second-order valence-electron chi connectivity index (χ2n) is 6.68. The van der Waals surface area contributed by atoms with E-state index in [1.807, 2.05) is 22.9 Å². The van der Waals surface area contributed by atoms with Gasteiger partial charge in [0.2, 0.25) is 10.0 Å². The van der Waals surface area contributed by atoms with Crippen LogP contribution in [0.1, 0.15) is 12.6 Å². The predicted molar refractivity (Wildman–Crippen MR) is 117 cm³/mol. The summed E-state index contributed by atoms with van der Waals surface area (Å²) in [7, 11) is -3.76. The molecule has 2 heterocycles. The van der Waals surface area contributed by atoms with Crippen molar-refractivity contribution in [2.75, 3.05) is 5.01 Å². The monoisotopic (exact) mass is 440 g/mol. The van der Waals surface area contributed by atoms with Crippen molar-refractivity contribution in [1.82, 2.24) is 4.57 Å². The second kappa shape index (κ2) is 7.56. The number of carbonyl (C=O) groups is 1. The Labute approximate surface area is 178 Å². The maximum Gasteiger partial charge on any atom is 0.280 e. The first-order valence-electron chi connectivity index (χ1n) is 8.92. The van der Waals surface area contributed by atoms with Crippen molar-refractivity contribution in [3.05, 3.63) is 83.2 Å². The van der Waals surface area contributed by atoms with Crippen molar-refractivity contribution >= 4 is 45.0 Å². The van der Waals surface area contributed by atoms with Gasteiger partial charge >= 0.3 is 0 Å². The number of amides is 1. The molecule has 9 heteroatoms. The Bertz CT molecular complexity index is 1290. The zero-order valence-corrected chi connectivity index (χ0v) is 17.4. The molecule has 30 heavy (non-hydrogen) atoms. The van der Waals surface area contributed by atoms with E-state index in [0.717, 1.165) is 11.4 Å². The highest BCUT2D eigenvalue weighted by atomic mass is 35.5. The third-order valence-electron chi connectivity index (χ3n) is 4.65. The summed E-state index contributed by atoms with van der Waals surface area (Å²) in [6, 6.07) is 16.7. The van der Waals surface area contributed by atoms with Gasteiger partial charge in [-0.25, -0.2) is 13.6 Å². The quantitative estimate of drug-likeness (QED) is 0.627. The summed E-state index contributed by atoms with van der Waals surface area (Å²) >= 11 is 5.92. The van der Waals surface area contributed by atoms with Crippen LogP contribution in [0, 0.1) is 0 Å². The van der Waals surface area contributed by atoms with Crippen molar-refractivity contribution in [3.63, 3.8) is 0 Å². The molecule has 0 saturated carbocycles. The smallest absolute Gasteiger partial charge is 0.280 e. The van der Waals surface area contributed by atoms with E-state index in [1.54, 1.807) is 49.4 Å². The van der Waals surface area contributed by atoms with Crippen molar-refractivity contribution in [3.8, 4) is 5.69 Å². The lowest BCUT2D eigenvalue weighted by Gasteiger charge is -2.12. The maximum absolute atomic E-state index is 13.0. The summed E-state index contributed by atoms with van der Waals surface area (Å²) in [5.74, 6) is -0.243. The molecule has 4 rings (SSSR count). The molecule has 3 aromatic rings. The molecule has 2 aromatic carbocycles. The SMILES string of the molecule is CC1=NN(c2ccc(Cl)cc2)C(=O)/C1=C\c1cccn1-c1ccc(S(N)(=O)=O)cc1. The van der Waals surface area contributed by atoms with Crippen LogP contribution in [0.4, 0.5) is 5.69 Å². The Morgan fingerprint density at radius 1 is 1.00 bits per heavy atom. The predicted octanol–water partition coefficient (Wildman–Crippen LogP) is 3.58. The largest absolute Gasteiger partial charge is 0.317 e. The van der Waals surface area contributed by atoms with Crippen molar-refractivity contribution < 1.29 is 13.2 Å². The van der Waals surface area contributed by atoms with Crippen LogP contribution in [0.5, 0.6) is 0 Å². The minimum atomic E-state index is -3.76. The highest BCUT2D eigenvalue weighted by Crippen LogP contribution is 2.27. The van der Waals surface area contributed by atoms with E-state index >= 15 is 0 Å². The summed E-state index contributed by atoms with van der Waals surface area (Å²) in [4.78, 5) is 13.0. The average Bonchev–Trinajstić information content (AvgIpc) is 3.28. The van der Waals surface area contributed by atoms with Crippen LogP contribution in [-0.4, -0.2) is 24.6 Å². The number of rotatable bonds is 4. The zero-order chi connectivity index (χ0) is 21.5. The first-order chi connectivity index (χ1) is 14.2. The lowest BCUT2D eigenvalue weighted by Crippen LogP contribution is -2.21. The Morgan fingerprint density at radius 2 is 1.63 bits per heavy atom. The molecule has 0 saturated heterocycles. The van der Waals surface area contributed by atoms with Crippen LogP contribution in [0.3, 0.4) is 0 Å². The van der Waals surface area contributed by atoms with Crippen molar-refractivity contribution in [2.45, 2.75) is 11.8 Å². The number of aromatic nitrogens is 1. The fourth-order valence-electron chi connectivity index (χ4n) is 3.13. The number of primary sulfonamides is 1. The number of hydrazone groups is 1. The summed E-state index contributed by atoms with van der Waals surface area (Å²) in [5.41, 5.74) is 3.16. The first kappa shape index (κ1) is 20.1. The Hall–Kier alpha value is -3.20. The van der Waals surface area contributed by atoms with Crippen LogP contribution in [0.2, 0.25) is 5.02 Å². The maximum atomic E-state index is 13.0. The molecular weight excluding hydrogens is 424 g/mol. The number of carbonyl (C=O) groups excluding carboxylic acids is 1. The van der Waals surface area contributed by atoms with Crippen LogP contribution >= 0.6 is 11.6 Å². The molecular formula is C21H17ClN4O3S. The number of hydrogen-bond acceptors (Lipinski definition) is 4. The molecule has 0 fully saturated rings. The van der Waals surface area contributed by atoms with Gasteiger partial charge in [-0.3, -0.25) is 4.79 Å². The summed E-state index contributed by atoms with van der Waals surface area (Å²) in [6.45, 7) is 1.77. The molecule has 1 aliphatic rings. The molecule has 1 amide bonds. The summed E-state index contributed by atoms with van der Waals surface area (Å²) in [5, 5.41) is 11.4. The first-order valence-corrected chi connectivity index (χ1v) is 10.8. The molecule has 7 nitrogen and oxygen atoms in total. The number of sulfonamides is 1. The Balaban J connectivity index is 1.67. The van der Waals surface area contributed by atoms with E-state index in [9.17, 15) is 13.2 Å². The van der Waals surface area contributed by atoms with Crippen LogP contribution < -0.4 is 10.1 Å². The van der Waals surface area contributed by atoms with Crippen molar-refractivity contribution in [1.29, 1.82) is 0 Å². The highest BCUT2D eigenvalue weighted by Gasteiger charge is 2.29. The number of halogens is 1. The van der Waals surface area contributed by atoms with E-state index in [0.29, 0.717) is 22.0 Å². The standard InChI is InChI=1S/C21H17ClN4O3S/c1-14-20(21(27)26(24-14)17-6-4-15(22)5-7-17)13-18-3-2-12-25(18)16-8-10-19(11-9-16)30(23,28)29/h2-13H,1H3,(H2,23,28,29)/b20-13-. The van der Waals surface area contributed by atoms with Gasteiger partial charge in [-0.15, -0.1) is 0 Å². The van der Waals surface area contributed by atoms with E-state index in [4.69, 9.17) is 16.7 Å². The van der Waals surface area contributed by atoms with Gasteiger partial charge in [0, 0.05) is 22.6 Å². The highest BCUT2D eigenvalue weighted by molar-refractivity contribution is 7.89. The number of hydrogen-bond donors (Lipinski definition) is 1. The molecule has 1 aliphatic heterocycles. The lowest BCUT2D eigenvalue weighted by atomic mass is 10.1. The molecule has 2 N–H and O–H groups in total. The minimum absolute atomic E-state index is 0.0332. The van der Waals surface area contributed by atoms with Gasteiger partial charge in [0.1, 0.15) is 0 Å². The van der Waals surface area contributed by atoms with E-state index in [-0.39, 0.29) is 10.8 Å². The van der Waals surface area contributed by atoms with Gasteiger partial charge < -0.3 is 4.57 Å². The van der Waals surface area contributed by atoms with Crippen LogP contribution in [0.15, 0.2) is 82.4 Å². The molecule has 0 atom stereocenters. The number of anilines is 1. The number of nitrogens with two attached hydrogens (primary N) is 1. The van der Waals surface area contributed by atoms with E-state index in [1.165, 1.54) is 17.1 Å². The normalized spacial score (nSPS) is 15.7. The van der Waals surface area contributed by atoms with Gasteiger partial charge in [0.25, 0.3) is 5.91 Å². The van der Waals surface area contributed by atoms with E-state index in [2.05, 4.69) is 5.10 Å². The molecule has 0 radical (unpaired) electrons. The van der Waals surface area contributed by atoms with Gasteiger partial charge in [-0.2, -0.15) is 10.1 Å². The third-order valence-corrected chi connectivity index (χ3v) is 5.83. The Kier molecular flexibility index (Phi) is 5.07. The second-order valence-corrected chi connectivity index (χ2v) is 8.68. The Morgan fingerprint density at radius 3 is 2.27 bits per heavy atom. The van der Waals surface area contributed by atoms with E-state index < -0.39 is 10.0 Å². The average molecular weight is 441 g/mol. The van der Waals surface area contributed by atoms with Crippen LogP contribution in [0.25, 0.3) is 11.8 Å². The molecule has 0 spiro atoms. The molecule has 0 aliphatic carbocycles.